The van der Waals surface area contributed by atoms with Crippen LogP contribution in [-0.2, 0) is 10.5 Å². The normalized spacial score (nSPS) is 10.8. The maximum absolute atomic E-state index is 10.3. The number of carboxylic acids is 1. The van der Waals surface area contributed by atoms with Gasteiger partial charge in [0, 0.05) is 6.04 Å². The lowest BCUT2D eigenvalue weighted by molar-refractivity contribution is -0.133. The summed E-state index contributed by atoms with van der Waals surface area (Å²) < 4.78 is 1.80. The number of hydrogen-bond acceptors (Lipinski definition) is 4. The second-order valence-corrected chi connectivity index (χ2v) is 4.09. The van der Waals surface area contributed by atoms with E-state index in [2.05, 4.69) is 10.1 Å². The van der Waals surface area contributed by atoms with E-state index in [0.29, 0.717) is 5.75 Å². The fraction of sp³-hybridized carbons (Fsp3) is 0.625. The lowest BCUT2D eigenvalue weighted by Crippen LogP contribution is -2.08. The van der Waals surface area contributed by atoms with Crippen LogP contribution in [0, 0.1) is 0 Å². The van der Waals surface area contributed by atoms with Crippen molar-refractivity contribution < 1.29 is 9.90 Å². The number of carbonyl (C=O) groups is 1. The number of hydrogen-bond donors (Lipinski definition) is 1. The van der Waals surface area contributed by atoms with Crippen molar-refractivity contribution in [1.29, 1.82) is 0 Å². The Labute approximate surface area is 86.5 Å². The minimum atomic E-state index is -0.800. The average Bonchev–Trinajstić information content (AvgIpc) is 2.51. The molecule has 6 heteroatoms. The second kappa shape index (κ2) is 4.99. The minimum Gasteiger partial charge on any atom is -0.481 e. The van der Waals surface area contributed by atoms with Gasteiger partial charge in [-0.1, -0.05) is 0 Å². The predicted octanol–water partition coefficient (Wildman–Crippen LogP) is 1.18. The summed E-state index contributed by atoms with van der Waals surface area (Å²) in [6, 6.07) is 0.262. The van der Waals surface area contributed by atoms with E-state index in [-0.39, 0.29) is 11.8 Å². The maximum atomic E-state index is 10.3. The Morgan fingerprint density at radius 1 is 1.71 bits per heavy atom. The highest BCUT2D eigenvalue weighted by Crippen LogP contribution is 2.12. The van der Waals surface area contributed by atoms with Crippen molar-refractivity contribution in [1.82, 2.24) is 14.8 Å². The molecule has 0 radical (unpaired) electrons. The van der Waals surface area contributed by atoms with Crippen LogP contribution in [0.3, 0.4) is 0 Å². The van der Waals surface area contributed by atoms with E-state index in [1.165, 1.54) is 18.1 Å². The molecule has 0 saturated carbocycles. The molecule has 1 aromatic heterocycles. The van der Waals surface area contributed by atoms with Gasteiger partial charge in [0.05, 0.1) is 11.5 Å². The van der Waals surface area contributed by atoms with Crippen molar-refractivity contribution >= 4 is 17.7 Å². The molecule has 0 aliphatic rings. The molecule has 0 amide bonds. The van der Waals surface area contributed by atoms with Crippen LogP contribution in [0.5, 0.6) is 0 Å². The lowest BCUT2D eigenvalue weighted by atomic mass is 10.4. The van der Waals surface area contributed by atoms with Crippen LogP contribution in [0.1, 0.15) is 25.7 Å². The summed E-state index contributed by atoms with van der Waals surface area (Å²) >= 11 is 1.33. The molecule has 1 aromatic rings. The molecule has 1 heterocycles. The molecule has 0 unspecified atom stereocenters. The number of aromatic nitrogens is 3. The highest BCUT2D eigenvalue weighted by Gasteiger charge is 2.07. The van der Waals surface area contributed by atoms with Crippen molar-refractivity contribution in [2.75, 3.05) is 5.75 Å². The summed E-state index contributed by atoms with van der Waals surface area (Å²) in [7, 11) is 0. The van der Waals surface area contributed by atoms with Crippen LogP contribution in [0.15, 0.2) is 6.33 Å². The summed E-state index contributed by atoms with van der Waals surface area (Å²) in [6.07, 6.45) is 1.50. The van der Waals surface area contributed by atoms with Crippen molar-refractivity contribution in [3.8, 4) is 0 Å². The van der Waals surface area contributed by atoms with Crippen molar-refractivity contribution in [3.05, 3.63) is 12.2 Å². The number of aliphatic carboxylic acids is 1. The van der Waals surface area contributed by atoms with E-state index in [1.807, 2.05) is 13.8 Å². The third-order valence-electron chi connectivity index (χ3n) is 1.59. The van der Waals surface area contributed by atoms with Gasteiger partial charge in [-0.05, 0) is 13.8 Å². The number of thioether (sulfide) groups is 1. The molecule has 0 bridgehead atoms. The Bertz CT molecular complexity index is 311. The first-order valence-corrected chi connectivity index (χ1v) is 5.44. The van der Waals surface area contributed by atoms with Crippen LogP contribution >= 0.6 is 11.8 Å². The molecule has 1 rings (SSSR count). The monoisotopic (exact) mass is 215 g/mol. The van der Waals surface area contributed by atoms with Gasteiger partial charge in [0.15, 0.2) is 0 Å². The fourth-order valence-electron chi connectivity index (χ4n) is 1.04. The standard InChI is InChI=1S/C8H13N3O2S/c1-6(2)11-7(9-5-10-11)3-14-4-8(12)13/h5-6H,3-4H2,1-2H3,(H,12,13). The maximum Gasteiger partial charge on any atom is 0.313 e. The van der Waals surface area contributed by atoms with Gasteiger partial charge in [-0.3, -0.25) is 4.79 Å². The van der Waals surface area contributed by atoms with Gasteiger partial charge in [-0.25, -0.2) is 9.67 Å². The van der Waals surface area contributed by atoms with Crippen molar-refractivity contribution in [3.63, 3.8) is 0 Å². The highest BCUT2D eigenvalue weighted by atomic mass is 32.2. The van der Waals surface area contributed by atoms with Crippen LogP contribution in [0.2, 0.25) is 0 Å². The Kier molecular flexibility index (Phi) is 3.94. The van der Waals surface area contributed by atoms with E-state index >= 15 is 0 Å². The zero-order valence-corrected chi connectivity index (χ0v) is 8.99. The number of rotatable bonds is 5. The van der Waals surface area contributed by atoms with E-state index in [0.717, 1.165) is 5.82 Å². The first kappa shape index (κ1) is 11.0. The molecular formula is C8H13N3O2S. The Hall–Kier alpha value is -1.04. The number of carboxylic acid groups (broad SMARTS) is 1. The molecule has 78 valence electrons. The summed E-state index contributed by atoms with van der Waals surface area (Å²) in [4.78, 5) is 14.4. The van der Waals surface area contributed by atoms with Gasteiger partial charge in [-0.2, -0.15) is 5.10 Å². The molecule has 5 nitrogen and oxygen atoms in total. The largest absolute Gasteiger partial charge is 0.481 e. The SMILES string of the molecule is CC(C)n1ncnc1CSCC(=O)O. The molecular weight excluding hydrogens is 202 g/mol. The summed E-state index contributed by atoms with van der Waals surface area (Å²) in [6.45, 7) is 4.03. The topological polar surface area (TPSA) is 68.0 Å². The first-order valence-electron chi connectivity index (χ1n) is 4.29. The quantitative estimate of drug-likeness (QED) is 0.798. The third kappa shape index (κ3) is 3.02. The van der Waals surface area contributed by atoms with E-state index < -0.39 is 5.97 Å². The van der Waals surface area contributed by atoms with E-state index in [1.54, 1.807) is 4.68 Å². The second-order valence-electron chi connectivity index (χ2n) is 3.10. The predicted molar refractivity (Wildman–Crippen MR) is 54.2 cm³/mol. The Balaban J connectivity index is 2.50. The first-order chi connectivity index (χ1) is 6.61. The molecule has 0 aliphatic heterocycles. The third-order valence-corrected chi connectivity index (χ3v) is 2.51. The highest BCUT2D eigenvalue weighted by molar-refractivity contribution is 7.99. The lowest BCUT2D eigenvalue weighted by Gasteiger charge is -2.08. The minimum absolute atomic E-state index is 0.102. The fourth-order valence-corrected chi connectivity index (χ4v) is 1.70. The Morgan fingerprint density at radius 2 is 2.43 bits per heavy atom. The van der Waals surface area contributed by atoms with Gasteiger partial charge in [0.1, 0.15) is 12.2 Å². The van der Waals surface area contributed by atoms with Crippen molar-refractivity contribution in [2.24, 2.45) is 0 Å². The molecule has 1 N–H and O–H groups in total. The average molecular weight is 215 g/mol. The van der Waals surface area contributed by atoms with Crippen molar-refractivity contribution in [2.45, 2.75) is 25.6 Å². The van der Waals surface area contributed by atoms with E-state index in [4.69, 9.17) is 5.11 Å². The van der Waals surface area contributed by atoms with E-state index in [9.17, 15) is 4.79 Å². The molecule has 0 aliphatic carbocycles. The van der Waals surface area contributed by atoms with Crippen LogP contribution < -0.4 is 0 Å². The molecule has 0 fully saturated rings. The van der Waals surface area contributed by atoms with Gasteiger partial charge < -0.3 is 5.11 Å². The van der Waals surface area contributed by atoms with Gasteiger partial charge in [0.25, 0.3) is 0 Å². The van der Waals surface area contributed by atoms with Crippen LogP contribution in [0.4, 0.5) is 0 Å². The smallest absolute Gasteiger partial charge is 0.313 e. The molecule has 0 spiro atoms. The molecule has 0 aromatic carbocycles. The summed E-state index contributed by atoms with van der Waals surface area (Å²) in [5.74, 6) is 0.715. The summed E-state index contributed by atoms with van der Waals surface area (Å²) in [5.41, 5.74) is 0. The van der Waals surface area contributed by atoms with Gasteiger partial charge in [-0.15, -0.1) is 11.8 Å². The van der Waals surface area contributed by atoms with Gasteiger partial charge >= 0.3 is 5.97 Å². The van der Waals surface area contributed by atoms with Crippen LogP contribution in [-0.4, -0.2) is 31.6 Å². The summed E-state index contributed by atoms with van der Waals surface area (Å²) in [5, 5.41) is 12.5. The zero-order valence-electron chi connectivity index (χ0n) is 8.17. The molecule has 14 heavy (non-hydrogen) atoms. The Morgan fingerprint density at radius 3 is 3.00 bits per heavy atom. The molecule has 0 saturated heterocycles. The molecule has 0 atom stereocenters. The van der Waals surface area contributed by atoms with Crippen LogP contribution in [0.25, 0.3) is 0 Å². The zero-order chi connectivity index (χ0) is 10.6. The van der Waals surface area contributed by atoms with Gasteiger partial charge in [0.2, 0.25) is 0 Å². The number of nitrogens with zero attached hydrogens (tertiary/aromatic N) is 3.